The number of quaternary nitrogens is 1. The van der Waals surface area contributed by atoms with Gasteiger partial charge in [0.2, 0.25) is 5.91 Å². The van der Waals surface area contributed by atoms with Crippen molar-refractivity contribution in [1.82, 2.24) is 5.32 Å². The molecule has 94 valence electrons. The van der Waals surface area contributed by atoms with Gasteiger partial charge >= 0.3 is 0 Å². The van der Waals surface area contributed by atoms with Crippen LogP contribution in [-0.4, -0.2) is 35.5 Å². The van der Waals surface area contributed by atoms with Gasteiger partial charge in [-0.05, 0) is 6.42 Å². The molecule has 16 heavy (non-hydrogen) atoms. The maximum Gasteiger partial charge on any atom is 0.228 e. The predicted octanol–water partition coefficient (Wildman–Crippen LogP) is -4.21. The minimum atomic E-state index is -4.58. The Balaban J connectivity index is 3.64. The molecule has 1 amide bonds. The van der Waals surface area contributed by atoms with Gasteiger partial charge in [0, 0.05) is 13.0 Å². The third-order valence-corrected chi connectivity index (χ3v) is 2.42. The highest BCUT2D eigenvalue weighted by Gasteiger charge is 2.10. The number of amides is 1. The van der Waals surface area contributed by atoms with Crippen molar-refractivity contribution < 1.29 is 34.8 Å². The molecular weight excluding hydrogens is 239 g/mol. The van der Waals surface area contributed by atoms with E-state index in [9.17, 15) is 24.2 Å². The molecule has 0 aliphatic rings. The molecule has 0 heterocycles. The van der Waals surface area contributed by atoms with E-state index in [0.717, 1.165) is 0 Å². The summed E-state index contributed by atoms with van der Waals surface area (Å²) >= 11 is 0. The minimum Gasteiger partial charge on any atom is -0.778 e. The Hall–Kier alpha value is -0.950. The molecule has 0 aromatic rings. The lowest BCUT2D eigenvalue weighted by Gasteiger charge is -2.15. The van der Waals surface area contributed by atoms with Crippen LogP contribution in [0, 0.1) is 0 Å². The molecule has 0 radical (unpaired) electrons. The van der Waals surface area contributed by atoms with Crippen LogP contribution in [0.2, 0.25) is 0 Å². The van der Waals surface area contributed by atoms with Gasteiger partial charge in [-0.1, -0.05) is 0 Å². The fourth-order valence-corrected chi connectivity index (χ4v) is 1.41. The summed E-state index contributed by atoms with van der Waals surface area (Å²) in [5, 5.41) is 12.5. The zero-order valence-electron chi connectivity index (χ0n) is 8.55. The van der Waals surface area contributed by atoms with Gasteiger partial charge in [-0.25, -0.2) is 0 Å². The van der Waals surface area contributed by atoms with Crippen molar-refractivity contribution in [2.24, 2.45) is 0 Å². The van der Waals surface area contributed by atoms with Crippen LogP contribution >= 0.6 is 7.60 Å². The third kappa shape index (κ3) is 8.37. The zero-order chi connectivity index (χ0) is 12.8. The van der Waals surface area contributed by atoms with E-state index in [2.05, 4.69) is 11.1 Å². The molecule has 0 saturated heterocycles. The van der Waals surface area contributed by atoms with Gasteiger partial charge in [0.25, 0.3) is 0 Å². The standard InChI is InChI=1S/C7H15N2O6P/c8-5(7(11)12)2-1-3-9-6(10)4-16(13,14)15/h5H,1-4,8H2,(H,9,10)(H,11,12)(H2,13,14,15)/p-1. The highest BCUT2D eigenvalue weighted by atomic mass is 31.2. The molecule has 0 rings (SSSR count). The van der Waals surface area contributed by atoms with Crippen LogP contribution < -0.4 is 21.1 Å². The van der Waals surface area contributed by atoms with Crippen molar-refractivity contribution in [2.75, 3.05) is 12.7 Å². The number of carbonyl (C=O) groups is 2. The molecule has 0 saturated carbocycles. The lowest BCUT2D eigenvalue weighted by atomic mass is 10.2. The molecule has 8 nitrogen and oxygen atoms in total. The van der Waals surface area contributed by atoms with Gasteiger partial charge in [-0.3, -0.25) is 4.79 Å². The summed E-state index contributed by atoms with van der Waals surface area (Å²) in [4.78, 5) is 39.7. The lowest BCUT2D eigenvalue weighted by molar-refractivity contribution is -0.438. The van der Waals surface area contributed by atoms with Gasteiger partial charge in [-0.2, -0.15) is 0 Å². The van der Waals surface area contributed by atoms with Gasteiger partial charge in [-0.15, -0.1) is 0 Å². The molecule has 0 fully saturated rings. The Morgan fingerprint density at radius 1 is 1.50 bits per heavy atom. The average molecular weight is 253 g/mol. The summed E-state index contributed by atoms with van der Waals surface area (Å²) in [6.45, 7) is 0.123. The second kappa shape index (κ2) is 6.59. The SMILES string of the molecule is [NH3+]C(CCCNC(=O)CP(=O)([O-])O)C(=O)[O-]. The van der Waals surface area contributed by atoms with E-state index in [1.807, 2.05) is 0 Å². The van der Waals surface area contributed by atoms with Gasteiger partial charge in [0.05, 0.1) is 12.1 Å². The quantitative estimate of drug-likeness (QED) is 0.308. The number of aliphatic carboxylic acids is 1. The number of carboxylic acid groups (broad SMARTS) is 1. The fraction of sp³-hybridized carbons (Fsp3) is 0.714. The largest absolute Gasteiger partial charge is 0.778 e. The Bertz CT molecular complexity index is 301. The van der Waals surface area contributed by atoms with Crippen LogP contribution in [0.25, 0.3) is 0 Å². The summed E-state index contributed by atoms with van der Waals surface area (Å²) in [5.41, 5.74) is 3.30. The van der Waals surface area contributed by atoms with E-state index in [4.69, 9.17) is 4.89 Å². The molecule has 2 atom stereocenters. The number of nitrogens with one attached hydrogen (secondary N) is 1. The molecule has 0 spiro atoms. The number of hydrogen-bond acceptors (Lipinski definition) is 5. The van der Waals surface area contributed by atoms with Crippen LogP contribution in [0.4, 0.5) is 0 Å². The lowest BCUT2D eigenvalue weighted by Crippen LogP contribution is -2.68. The average Bonchev–Trinajstić information content (AvgIpc) is 2.08. The Kier molecular flexibility index (Phi) is 6.20. The van der Waals surface area contributed by atoms with E-state index in [0.29, 0.717) is 6.42 Å². The normalized spacial score (nSPS) is 16.2. The van der Waals surface area contributed by atoms with Gasteiger partial charge in [0.1, 0.15) is 13.6 Å². The maximum absolute atomic E-state index is 10.8. The second-order valence-corrected chi connectivity index (χ2v) is 4.89. The van der Waals surface area contributed by atoms with Crippen LogP contribution in [0.3, 0.4) is 0 Å². The van der Waals surface area contributed by atoms with E-state index in [-0.39, 0.29) is 13.0 Å². The molecule has 5 N–H and O–H groups in total. The molecule has 9 heteroatoms. The number of rotatable bonds is 7. The number of hydrogen-bond donors (Lipinski definition) is 3. The van der Waals surface area contributed by atoms with Crippen molar-refractivity contribution in [3.63, 3.8) is 0 Å². The maximum atomic E-state index is 10.8. The van der Waals surface area contributed by atoms with Crippen molar-refractivity contribution in [3.8, 4) is 0 Å². The van der Waals surface area contributed by atoms with Crippen LogP contribution in [-0.2, 0) is 14.2 Å². The predicted molar refractivity (Wildman–Crippen MR) is 48.6 cm³/mol. The number of carbonyl (C=O) groups excluding carboxylic acids is 2. The Morgan fingerprint density at radius 3 is 2.50 bits per heavy atom. The van der Waals surface area contributed by atoms with E-state index >= 15 is 0 Å². The third-order valence-electron chi connectivity index (χ3n) is 1.73. The van der Waals surface area contributed by atoms with E-state index in [1.54, 1.807) is 0 Å². The first kappa shape index (κ1) is 15.0. The Morgan fingerprint density at radius 2 is 2.06 bits per heavy atom. The molecule has 0 aromatic carbocycles. The van der Waals surface area contributed by atoms with Crippen molar-refractivity contribution >= 4 is 19.5 Å². The summed E-state index contributed by atoms with van der Waals surface area (Å²) in [6.07, 6.45) is -0.416. The topological polar surface area (TPSA) is 157 Å². The highest BCUT2D eigenvalue weighted by Crippen LogP contribution is 2.27. The zero-order valence-corrected chi connectivity index (χ0v) is 9.44. The molecule has 0 aliphatic carbocycles. The van der Waals surface area contributed by atoms with Gasteiger partial charge < -0.3 is 35.3 Å². The van der Waals surface area contributed by atoms with Crippen LogP contribution in [0.1, 0.15) is 12.8 Å². The summed E-state index contributed by atoms with van der Waals surface area (Å²) < 4.78 is 10.3. The van der Waals surface area contributed by atoms with E-state index < -0.39 is 31.7 Å². The fourth-order valence-electron chi connectivity index (χ4n) is 0.931. The highest BCUT2D eigenvalue weighted by molar-refractivity contribution is 7.51. The first-order valence-corrected chi connectivity index (χ1v) is 6.32. The van der Waals surface area contributed by atoms with Gasteiger partial charge in [0.15, 0.2) is 0 Å². The number of carboxylic acids is 1. The molecule has 2 unspecified atom stereocenters. The van der Waals surface area contributed by atoms with Crippen molar-refractivity contribution in [2.45, 2.75) is 18.9 Å². The summed E-state index contributed by atoms with van der Waals surface area (Å²) in [7, 11) is -4.58. The summed E-state index contributed by atoms with van der Waals surface area (Å²) in [5.74, 6) is -2.10. The van der Waals surface area contributed by atoms with Crippen LogP contribution in [0.5, 0.6) is 0 Å². The second-order valence-electron chi connectivity index (χ2n) is 3.30. The Labute approximate surface area is 92.0 Å². The molecule has 0 aromatic heterocycles. The first-order valence-electron chi connectivity index (χ1n) is 4.56. The summed E-state index contributed by atoms with van der Waals surface area (Å²) in [6, 6.07) is -0.861. The van der Waals surface area contributed by atoms with E-state index in [1.165, 1.54) is 0 Å². The molecule has 0 aliphatic heterocycles. The van der Waals surface area contributed by atoms with Crippen LogP contribution in [0.15, 0.2) is 0 Å². The molecule has 0 bridgehead atoms. The first-order chi connectivity index (χ1) is 7.22. The molecular formula is C7H14N2O6P-. The van der Waals surface area contributed by atoms with Crippen molar-refractivity contribution in [1.29, 1.82) is 0 Å². The minimum absolute atomic E-state index is 0.123. The smallest absolute Gasteiger partial charge is 0.228 e. The van der Waals surface area contributed by atoms with Crippen molar-refractivity contribution in [3.05, 3.63) is 0 Å². The monoisotopic (exact) mass is 253 g/mol.